The molecule has 0 fully saturated rings. The summed E-state index contributed by atoms with van der Waals surface area (Å²) >= 11 is 7.15. The zero-order valence-corrected chi connectivity index (χ0v) is 19.8. The highest BCUT2D eigenvalue weighted by Gasteiger charge is 2.31. The van der Waals surface area contributed by atoms with E-state index in [9.17, 15) is 18.0 Å². The van der Waals surface area contributed by atoms with Crippen LogP contribution in [-0.4, -0.2) is 38.3 Å². The SMILES string of the molecule is CCn1c(=O)sc2cc(NC(=O)[C@H](C)N(c3cc(Cl)ccc3OC)S(C)(=O)=O)ccc21. The van der Waals surface area contributed by atoms with Crippen molar-refractivity contribution in [2.45, 2.75) is 26.4 Å². The van der Waals surface area contributed by atoms with Crippen molar-refractivity contribution in [3.8, 4) is 5.75 Å². The average molecular weight is 484 g/mol. The van der Waals surface area contributed by atoms with Crippen molar-refractivity contribution < 1.29 is 17.9 Å². The van der Waals surface area contributed by atoms with Crippen LogP contribution in [0.3, 0.4) is 0 Å². The molecule has 166 valence electrons. The van der Waals surface area contributed by atoms with Crippen LogP contribution < -0.4 is 19.2 Å². The van der Waals surface area contributed by atoms with Gasteiger partial charge in [-0.05, 0) is 50.2 Å². The van der Waals surface area contributed by atoms with Gasteiger partial charge in [-0.15, -0.1) is 0 Å². The maximum Gasteiger partial charge on any atom is 0.308 e. The lowest BCUT2D eigenvalue weighted by Crippen LogP contribution is -2.45. The number of carbonyl (C=O) groups excluding carboxylic acids is 1. The second kappa shape index (κ2) is 8.89. The summed E-state index contributed by atoms with van der Waals surface area (Å²) in [6, 6.07) is 8.57. The summed E-state index contributed by atoms with van der Waals surface area (Å²) in [6.07, 6.45) is 1.01. The minimum absolute atomic E-state index is 0.0781. The summed E-state index contributed by atoms with van der Waals surface area (Å²) < 4.78 is 33.8. The molecule has 0 aliphatic carbocycles. The van der Waals surface area contributed by atoms with E-state index < -0.39 is 22.0 Å². The lowest BCUT2D eigenvalue weighted by Gasteiger charge is -2.29. The predicted octanol–water partition coefficient (Wildman–Crippen LogP) is 3.54. The molecule has 0 saturated heterocycles. The molecule has 0 unspecified atom stereocenters. The van der Waals surface area contributed by atoms with Crippen LogP contribution in [0.25, 0.3) is 10.2 Å². The Balaban J connectivity index is 1.95. The number of hydrogen-bond acceptors (Lipinski definition) is 6. The van der Waals surface area contributed by atoms with Gasteiger partial charge in [0.05, 0.1) is 29.3 Å². The molecule has 0 bridgehead atoms. The maximum atomic E-state index is 13.0. The first-order valence-electron chi connectivity index (χ1n) is 9.34. The van der Waals surface area contributed by atoms with Gasteiger partial charge in [0.2, 0.25) is 15.9 Å². The third-order valence-corrected chi connectivity index (χ3v) is 7.12. The van der Waals surface area contributed by atoms with Gasteiger partial charge in [0.25, 0.3) is 0 Å². The van der Waals surface area contributed by atoms with Crippen molar-refractivity contribution in [3.63, 3.8) is 0 Å². The Kier molecular flexibility index (Phi) is 6.63. The summed E-state index contributed by atoms with van der Waals surface area (Å²) in [5.74, 6) is -0.282. The number of fused-ring (bicyclic) bond motifs is 1. The Labute approximate surface area is 189 Å². The highest BCUT2D eigenvalue weighted by Crippen LogP contribution is 2.34. The number of aromatic nitrogens is 1. The highest BCUT2D eigenvalue weighted by atomic mass is 35.5. The molecule has 0 aliphatic heterocycles. The van der Waals surface area contributed by atoms with E-state index in [2.05, 4.69) is 5.32 Å². The first-order valence-corrected chi connectivity index (χ1v) is 12.4. The molecule has 3 aromatic rings. The van der Waals surface area contributed by atoms with Gasteiger partial charge in [-0.2, -0.15) is 0 Å². The molecule has 1 heterocycles. The monoisotopic (exact) mass is 483 g/mol. The van der Waals surface area contributed by atoms with Crippen LogP contribution in [0.2, 0.25) is 5.02 Å². The summed E-state index contributed by atoms with van der Waals surface area (Å²) in [5, 5.41) is 3.04. The van der Waals surface area contributed by atoms with Crippen molar-refractivity contribution in [3.05, 3.63) is 51.1 Å². The third-order valence-electron chi connectivity index (χ3n) is 4.72. The van der Waals surface area contributed by atoms with E-state index in [4.69, 9.17) is 16.3 Å². The zero-order chi connectivity index (χ0) is 22.9. The lowest BCUT2D eigenvalue weighted by atomic mass is 10.2. The van der Waals surface area contributed by atoms with Crippen LogP contribution >= 0.6 is 22.9 Å². The van der Waals surface area contributed by atoms with Crippen molar-refractivity contribution >= 4 is 60.5 Å². The van der Waals surface area contributed by atoms with E-state index >= 15 is 0 Å². The molecule has 0 spiro atoms. The highest BCUT2D eigenvalue weighted by molar-refractivity contribution is 7.92. The van der Waals surface area contributed by atoms with E-state index in [0.717, 1.165) is 32.1 Å². The molecule has 0 saturated carbocycles. The van der Waals surface area contributed by atoms with Crippen LogP contribution in [0, 0.1) is 0 Å². The number of halogens is 1. The Hall–Kier alpha value is -2.56. The summed E-state index contributed by atoms with van der Waals surface area (Å²) in [6.45, 7) is 3.91. The largest absolute Gasteiger partial charge is 0.495 e. The fraction of sp³-hybridized carbons (Fsp3) is 0.300. The molecule has 0 aliphatic rings. The zero-order valence-electron chi connectivity index (χ0n) is 17.4. The predicted molar refractivity (Wildman–Crippen MR) is 125 cm³/mol. The molecule has 1 atom stereocenters. The Bertz CT molecular complexity index is 1300. The molecule has 2 aromatic carbocycles. The van der Waals surface area contributed by atoms with E-state index in [0.29, 0.717) is 17.3 Å². The standard InChI is InChI=1S/C20H22ClN3O5S2/c1-5-23-15-8-7-14(11-18(15)30-20(23)26)22-19(25)12(2)24(31(4,27)28)16-10-13(21)6-9-17(16)29-3/h6-12H,5H2,1-4H3,(H,22,25)/t12-/m0/s1. The number of benzene rings is 2. The van der Waals surface area contributed by atoms with Gasteiger partial charge < -0.3 is 10.1 Å². The quantitative estimate of drug-likeness (QED) is 0.554. The van der Waals surface area contributed by atoms with Crippen molar-refractivity contribution in [2.24, 2.45) is 0 Å². The number of sulfonamides is 1. The molecule has 11 heteroatoms. The average Bonchev–Trinajstić information content (AvgIpc) is 3.01. The fourth-order valence-electron chi connectivity index (χ4n) is 3.31. The topological polar surface area (TPSA) is 97.7 Å². The van der Waals surface area contributed by atoms with Crippen LogP contribution in [-0.2, 0) is 21.4 Å². The first kappa shape index (κ1) is 23.1. The van der Waals surface area contributed by atoms with Crippen molar-refractivity contribution in [1.29, 1.82) is 0 Å². The van der Waals surface area contributed by atoms with Gasteiger partial charge in [-0.1, -0.05) is 22.9 Å². The number of nitrogens with zero attached hydrogens (tertiary/aromatic N) is 2. The van der Waals surface area contributed by atoms with Gasteiger partial charge in [-0.25, -0.2) is 8.42 Å². The molecule has 0 radical (unpaired) electrons. The van der Waals surface area contributed by atoms with Gasteiger partial charge in [0.1, 0.15) is 11.8 Å². The Morgan fingerprint density at radius 2 is 2.00 bits per heavy atom. The van der Waals surface area contributed by atoms with Crippen LogP contribution in [0.15, 0.2) is 41.2 Å². The Morgan fingerprint density at radius 3 is 2.61 bits per heavy atom. The van der Waals surface area contributed by atoms with Gasteiger partial charge in [-0.3, -0.25) is 18.5 Å². The molecular formula is C20H22ClN3O5S2. The van der Waals surface area contributed by atoms with Crippen LogP contribution in [0.5, 0.6) is 5.75 Å². The number of methoxy groups -OCH3 is 1. The number of amides is 1. The second-order valence-electron chi connectivity index (χ2n) is 6.83. The van der Waals surface area contributed by atoms with E-state index in [1.165, 1.54) is 26.2 Å². The number of carbonyl (C=O) groups is 1. The van der Waals surface area contributed by atoms with Gasteiger partial charge >= 0.3 is 4.87 Å². The van der Waals surface area contributed by atoms with Crippen LogP contribution in [0.1, 0.15) is 13.8 Å². The summed E-state index contributed by atoms with van der Waals surface area (Å²) in [7, 11) is -2.45. The van der Waals surface area contributed by atoms with E-state index in [-0.39, 0.29) is 16.3 Å². The molecule has 1 N–H and O–H groups in total. The Morgan fingerprint density at radius 1 is 1.29 bits per heavy atom. The number of nitrogens with one attached hydrogen (secondary N) is 1. The van der Waals surface area contributed by atoms with Crippen molar-refractivity contribution in [2.75, 3.05) is 23.0 Å². The number of anilines is 2. The fourth-order valence-corrected chi connectivity index (χ4v) is 5.64. The summed E-state index contributed by atoms with van der Waals surface area (Å²) in [5.41, 5.74) is 1.40. The van der Waals surface area contributed by atoms with Gasteiger partial charge in [0.15, 0.2) is 0 Å². The minimum Gasteiger partial charge on any atom is -0.495 e. The molecule has 3 rings (SSSR count). The van der Waals surface area contributed by atoms with E-state index in [1.807, 2.05) is 6.92 Å². The summed E-state index contributed by atoms with van der Waals surface area (Å²) in [4.78, 5) is 24.9. The molecule has 1 amide bonds. The maximum absolute atomic E-state index is 13.0. The van der Waals surface area contributed by atoms with Crippen LogP contribution in [0.4, 0.5) is 11.4 Å². The third kappa shape index (κ3) is 4.70. The second-order valence-corrected chi connectivity index (χ2v) is 10.1. The first-order chi connectivity index (χ1) is 14.6. The molecule has 8 nitrogen and oxygen atoms in total. The number of rotatable bonds is 7. The van der Waals surface area contributed by atoms with E-state index in [1.54, 1.807) is 28.8 Å². The molecule has 1 aromatic heterocycles. The minimum atomic E-state index is -3.85. The number of aryl methyl sites for hydroxylation is 1. The smallest absolute Gasteiger partial charge is 0.308 e. The number of ether oxygens (including phenoxy) is 1. The van der Waals surface area contributed by atoms with Crippen molar-refractivity contribution in [1.82, 2.24) is 4.57 Å². The number of hydrogen-bond donors (Lipinski definition) is 1. The number of thiazole rings is 1. The van der Waals surface area contributed by atoms with Gasteiger partial charge in [0, 0.05) is 17.3 Å². The lowest BCUT2D eigenvalue weighted by molar-refractivity contribution is -0.116. The normalized spacial score (nSPS) is 12.5. The molecule has 31 heavy (non-hydrogen) atoms. The molecular weight excluding hydrogens is 462 g/mol.